The highest BCUT2D eigenvalue weighted by Gasteiger charge is 2.15. The first-order valence-electron chi connectivity index (χ1n) is 5.04. The summed E-state index contributed by atoms with van der Waals surface area (Å²) in [5.41, 5.74) is 0.919. The molecule has 4 nitrogen and oxygen atoms in total. The minimum Gasteiger partial charge on any atom is -0.445 e. The van der Waals surface area contributed by atoms with Gasteiger partial charge in [0.25, 0.3) is 0 Å². The molecule has 0 unspecified atom stereocenters. The van der Waals surface area contributed by atoms with Crippen LogP contribution in [0.5, 0.6) is 0 Å². The Bertz CT molecular complexity index is 351. The van der Waals surface area contributed by atoms with Gasteiger partial charge in [0, 0.05) is 7.05 Å². The molecule has 0 heterocycles. The first kappa shape index (κ1) is 12.2. The molecule has 0 saturated heterocycles. The van der Waals surface area contributed by atoms with Gasteiger partial charge in [-0.25, -0.2) is 4.79 Å². The maximum absolute atomic E-state index is 11.5. The number of rotatable bonds is 4. The van der Waals surface area contributed by atoms with E-state index in [1.54, 1.807) is 6.92 Å². The number of hydrogen-bond donors (Lipinski definition) is 0. The van der Waals surface area contributed by atoms with E-state index in [0.29, 0.717) is 6.29 Å². The minimum atomic E-state index is -0.497. The molecule has 16 heavy (non-hydrogen) atoms. The van der Waals surface area contributed by atoms with Gasteiger partial charge < -0.3 is 14.4 Å². The Morgan fingerprint density at radius 3 is 2.62 bits per heavy atom. The molecule has 1 atom stereocenters. The predicted octanol–water partition coefficient (Wildman–Crippen LogP) is 1.84. The molecule has 1 rings (SSSR count). The van der Waals surface area contributed by atoms with Crippen molar-refractivity contribution < 1.29 is 14.3 Å². The van der Waals surface area contributed by atoms with E-state index >= 15 is 0 Å². The molecule has 0 aliphatic carbocycles. The van der Waals surface area contributed by atoms with Gasteiger partial charge in [-0.15, -0.1) is 0 Å². The summed E-state index contributed by atoms with van der Waals surface area (Å²) < 4.78 is 5.04. The summed E-state index contributed by atoms with van der Waals surface area (Å²) in [6, 6.07) is 8.92. The van der Waals surface area contributed by atoms with E-state index < -0.39 is 12.1 Å². The molecule has 0 fully saturated rings. The fourth-order valence-corrected chi connectivity index (χ4v) is 1.08. The molecule has 0 aromatic heterocycles. The lowest BCUT2D eigenvalue weighted by Crippen LogP contribution is -2.36. The summed E-state index contributed by atoms with van der Waals surface area (Å²) in [7, 11) is 1.53. The summed E-state index contributed by atoms with van der Waals surface area (Å²) in [6.45, 7) is 1.85. The molecule has 0 radical (unpaired) electrons. The zero-order chi connectivity index (χ0) is 12.0. The van der Waals surface area contributed by atoms with Crippen LogP contribution in [-0.2, 0) is 16.1 Å². The number of carbonyl (C=O) groups excluding carboxylic acids is 2. The molecular formula is C12H15NO3. The Balaban J connectivity index is 2.44. The molecule has 4 heteroatoms. The van der Waals surface area contributed by atoms with Crippen LogP contribution in [0, 0.1) is 0 Å². The van der Waals surface area contributed by atoms with Crippen LogP contribution in [-0.4, -0.2) is 30.4 Å². The van der Waals surface area contributed by atoms with Gasteiger partial charge in [0.1, 0.15) is 12.9 Å². The first-order valence-corrected chi connectivity index (χ1v) is 5.04. The number of amides is 1. The Labute approximate surface area is 94.8 Å². The van der Waals surface area contributed by atoms with Crippen molar-refractivity contribution in [2.75, 3.05) is 7.05 Å². The molecule has 86 valence electrons. The summed E-state index contributed by atoms with van der Waals surface area (Å²) >= 11 is 0. The SMILES string of the molecule is C[C@@H](C=O)N(C)C(=O)OCc1ccccc1. The second-order valence-corrected chi connectivity index (χ2v) is 3.53. The smallest absolute Gasteiger partial charge is 0.410 e. The van der Waals surface area contributed by atoms with Crippen LogP contribution in [0.4, 0.5) is 4.79 Å². The van der Waals surface area contributed by atoms with Gasteiger partial charge in [-0.2, -0.15) is 0 Å². The topological polar surface area (TPSA) is 46.6 Å². The Morgan fingerprint density at radius 2 is 2.06 bits per heavy atom. The maximum Gasteiger partial charge on any atom is 0.410 e. The van der Waals surface area contributed by atoms with Gasteiger partial charge in [0.15, 0.2) is 0 Å². The fraction of sp³-hybridized carbons (Fsp3) is 0.333. The second kappa shape index (κ2) is 5.90. The van der Waals surface area contributed by atoms with Crippen molar-refractivity contribution >= 4 is 12.4 Å². The average molecular weight is 221 g/mol. The van der Waals surface area contributed by atoms with Crippen molar-refractivity contribution in [2.24, 2.45) is 0 Å². The van der Waals surface area contributed by atoms with Gasteiger partial charge in [-0.05, 0) is 12.5 Å². The Hall–Kier alpha value is -1.84. The van der Waals surface area contributed by atoms with E-state index in [-0.39, 0.29) is 6.61 Å². The largest absolute Gasteiger partial charge is 0.445 e. The first-order chi connectivity index (χ1) is 7.65. The third-order valence-corrected chi connectivity index (χ3v) is 2.30. The van der Waals surface area contributed by atoms with Gasteiger partial charge in [-0.3, -0.25) is 0 Å². The van der Waals surface area contributed by atoms with Crippen molar-refractivity contribution in [2.45, 2.75) is 19.6 Å². The molecule has 0 aliphatic rings. The van der Waals surface area contributed by atoms with Crippen molar-refractivity contribution in [1.29, 1.82) is 0 Å². The predicted molar refractivity (Wildman–Crippen MR) is 59.9 cm³/mol. The second-order valence-electron chi connectivity index (χ2n) is 3.53. The third kappa shape index (κ3) is 3.38. The number of carbonyl (C=O) groups is 2. The van der Waals surface area contributed by atoms with Gasteiger partial charge in [0.05, 0.1) is 6.04 Å². The van der Waals surface area contributed by atoms with E-state index in [9.17, 15) is 9.59 Å². The number of benzene rings is 1. The standard InChI is InChI=1S/C12H15NO3/c1-10(8-14)13(2)12(15)16-9-11-6-4-3-5-7-11/h3-8,10H,9H2,1-2H3/t10-/m0/s1. The zero-order valence-corrected chi connectivity index (χ0v) is 9.42. The lowest BCUT2D eigenvalue weighted by Gasteiger charge is -2.19. The Morgan fingerprint density at radius 1 is 1.44 bits per heavy atom. The van der Waals surface area contributed by atoms with Crippen LogP contribution in [0.1, 0.15) is 12.5 Å². The van der Waals surface area contributed by atoms with E-state index in [0.717, 1.165) is 5.56 Å². The van der Waals surface area contributed by atoms with Gasteiger partial charge in [-0.1, -0.05) is 30.3 Å². The van der Waals surface area contributed by atoms with Crippen molar-refractivity contribution in [3.05, 3.63) is 35.9 Å². The highest BCUT2D eigenvalue weighted by atomic mass is 16.6. The van der Waals surface area contributed by atoms with E-state index in [1.807, 2.05) is 30.3 Å². The van der Waals surface area contributed by atoms with Crippen LogP contribution < -0.4 is 0 Å². The molecule has 0 spiro atoms. The fourth-order valence-electron chi connectivity index (χ4n) is 1.08. The highest BCUT2D eigenvalue weighted by Crippen LogP contribution is 2.03. The third-order valence-electron chi connectivity index (χ3n) is 2.30. The van der Waals surface area contributed by atoms with E-state index in [2.05, 4.69) is 0 Å². The summed E-state index contributed by atoms with van der Waals surface area (Å²) in [5, 5.41) is 0. The minimum absolute atomic E-state index is 0.218. The molecule has 0 bridgehead atoms. The molecular weight excluding hydrogens is 206 g/mol. The number of nitrogens with zero attached hydrogens (tertiary/aromatic N) is 1. The highest BCUT2D eigenvalue weighted by molar-refractivity contribution is 5.72. The van der Waals surface area contributed by atoms with Crippen molar-refractivity contribution in [3.63, 3.8) is 0 Å². The average Bonchev–Trinajstić information content (AvgIpc) is 2.35. The van der Waals surface area contributed by atoms with Crippen molar-refractivity contribution in [3.8, 4) is 0 Å². The van der Waals surface area contributed by atoms with Crippen LogP contribution in [0.25, 0.3) is 0 Å². The molecule has 0 N–H and O–H groups in total. The number of hydrogen-bond acceptors (Lipinski definition) is 3. The molecule has 0 saturated carbocycles. The molecule has 1 aromatic rings. The summed E-state index contributed by atoms with van der Waals surface area (Å²) in [5.74, 6) is 0. The maximum atomic E-state index is 11.5. The van der Waals surface area contributed by atoms with E-state index in [1.165, 1.54) is 11.9 Å². The normalized spacial score (nSPS) is 11.6. The Kier molecular flexibility index (Phi) is 4.51. The molecule has 1 amide bonds. The van der Waals surface area contributed by atoms with Crippen molar-refractivity contribution in [1.82, 2.24) is 4.90 Å². The summed E-state index contributed by atoms with van der Waals surface area (Å²) in [6.07, 6.45) is 0.201. The van der Waals surface area contributed by atoms with Crippen LogP contribution in [0.15, 0.2) is 30.3 Å². The molecule has 1 aromatic carbocycles. The lowest BCUT2D eigenvalue weighted by atomic mass is 10.2. The van der Waals surface area contributed by atoms with Crippen LogP contribution in [0.2, 0.25) is 0 Å². The van der Waals surface area contributed by atoms with Gasteiger partial charge >= 0.3 is 6.09 Å². The van der Waals surface area contributed by atoms with Crippen LogP contribution >= 0.6 is 0 Å². The number of aldehydes is 1. The number of ether oxygens (including phenoxy) is 1. The quantitative estimate of drug-likeness (QED) is 0.729. The molecule has 0 aliphatic heterocycles. The zero-order valence-electron chi connectivity index (χ0n) is 9.42. The summed E-state index contributed by atoms with van der Waals surface area (Å²) in [4.78, 5) is 23.2. The number of likely N-dealkylation sites (N-methyl/N-ethyl adjacent to an activating group) is 1. The van der Waals surface area contributed by atoms with Gasteiger partial charge in [0.2, 0.25) is 0 Å². The monoisotopic (exact) mass is 221 g/mol. The lowest BCUT2D eigenvalue weighted by molar-refractivity contribution is -0.111. The van der Waals surface area contributed by atoms with Crippen LogP contribution in [0.3, 0.4) is 0 Å². The van der Waals surface area contributed by atoms with E-state index in [4.69, 9.17) is 4.74 Å².